The van der Waals surface area contributed by atoms with Gasteiger partial charge in [-0.2, -0.15) is 0 Å². The van der Waals surface area contributed by atoms with Crippen LogP contribution < -0.4 is 0 Å². The summed E-state index contributed by atoms with van der Waals surface area (Å²) in [7, 11) is -2.18. The van der Waals surface area contributed by atoms with Gasteiger partial charge in [-0.1, -0.05) is 0 Å². The van der Waals surface area contributed by atoms with Gasteiger partial charge in [0, 0.05) is 31.6 Å². The molecule has 0 spiro atoms. The maximum Gasteiger partial charge on any atom is 0.269 e. The van der Waals surface area contributed by atoms with Crippen LogP contribution in [0.5, 0.6) is 0 Å². The molecule has 0 radical (unpaired) electrons. The van der Waals surface area contributed by atoms with E-state index in [-0.39, 0.29) is 15.7 Å². The average molecular weight is 267 g/mol. The number of benzene rings is 1. The molecule has 0 fully saturated rings. The SMILES string of the molecule is Cn1ccnc1S(=O)(=O)c1ccc([N+](=O)[O-])cc1. The minimum absolute atomic E-state index is 0.0256. The molecule has 1 aromatic heterocycles. The molecular weight excluding hydrogens is 258 g/mol. The van der Waals surface area contributed by atoms with Crippen LogP contribution in [-0.4, -0.2) is 22.9 Å². The molecule has 0 bridgehead atoms. The molecule has 2 rings (SSSR count). The second-order valence-corrected chi connectivity index (χ2v) is 5.42. The van der Waals surface area contributed by atoms with Crippen molar-refractivity contribution in [3.63, 3.8) is 0 Å². The van der Waals surface area contributed by atoms with E-state index < -0.39 is 14.8 Å². The highest BCUT2D eigenvalue weighted by molar-refractivity contribution is 7.91. The van der Waals surface area contributed by atoms with Gasteiger partial charge in [0.25, 0.3) is 5.69 Å². The highest BCUT2D eigenvalue weighted by Crippen LogP contribution is 2.21. The summed E-state index contributed by atoms with van der Waals surface area (Å²) in [6.07, 6.45) is 2.89. The zero-order chi connectivity index (χ0) is 13.3. The van der Waals surface area contributed by atoms with E-state index in [1.54, 1.807) is 7.05 Å². The Labute approximate surface area is 103 Å². The van der Waals surface area contributed by atoms with Crippen LogP contribution in [0.25, 0.3) is 0 Å². The molecule has 1 heterocycles. The zero-order valence-electron chi connectivity index (χ0n) is 9.35. The first kappa shape index (κ1) is 12.2. The Hall–Kier alpha value is -2.22. The van der Waals surface area contributed by atoms with E-state index in [4.69, 9.17) is 0 Å². The van der Waals surface area contributed by atoms with Gasteiger partial charge in [-0.05, 0) is 12.1 Å². The third kappa shape index (κ3) is 1.97. The molecule has 0 aliphatic rings. The number of aryl methyl sites for hydroxylation is 1. The molecular formula is C10H9N3O4S. The van der Waals surface area contributed by atoms with E-state index >= 15 is 0 Å². The van der Waals surface area contributed by atoms with Crippen LogP contribution in [0.2, 0.25) is 0 Å². The zero-order valence-corrected chi connectivity index (χ0v) is 10.2. The second kappa shape index (κ2) is 4.22. The number of aromatic nitrogens is 2. The van der Waals surface area contributed by atoms with Crippen LogP contribution in [0.15, 0.2) is 46.7 Å². The average Bonchev–Trinajstić information content (AvgIpc) is 2.76. The van der Waals surface area contributed by atoms with Crippen LogP contribution in [0.1, 0.15) is 0 Å². The summed E-state index contributed by atoms with van der Waals surface area (Å²) in [5, 5.41) is 10.4. The van der Waals surface area contributed by atoms with Crippen molar-refractivity contribution < 1.29 is 13.3 Å². The molecule has 0 atom stereocenters. The normalized spacial score (nSPS) is 11.4. The molecule has 0 saturated heterocycles. The molecule has 0 aliphatic carbocycles. The Morgan fingerprint density at radius 2 is 1.89 bits per heavy atom. The van der Waals surface area contributed by atoms with Gasteiger partial charge >= 0.3 is 0 Å². The van der Waals surface area contributed by atoms with Crippen LogP contribution in [0, 0.1) is 10.1 Å². The minimum Gasteiger partial charge on any atom is -0.325 e. The molecule has 1 aromatic carbocycles. The first-order chi connectivity index (χ1) is 8.43. The summed E-state index contributed by atoms with van der Waals surface area (Å²) in [5.41, 5.74) is -0.159. The number of sulfone groups is 1. The lowest BCUT2D eigenvalue weighted by atomic mass is 10.3. The monoisotopic (exact) mass is 267 g/mol. The summed E-state index contributed by atoms with van der Waals surface area (Å²) >= 11 is 0. The number of non-ortho nitro benzene ring substituents is 1. The smallest absolute Gasteiger partial charge is 0.269 e. The number of nitrogens with zero attached hydrogens (tertiary/aromatic N) is 3. The Bertz CT molecular complexity index is 688. The van der Waals surface area contributed by atoms with Crippen molar-refractivity contribution in [1.29, 1.82) is 0 Å². The lowest BCUT2D eigenvalue weighted by Gasteiger charge is -2.03. The third-order valence-corrected chi connectivity index (χ3v) is 4.14. The van der Waals surface area contributed by atoms with Crippen LogP contribution in [-0.2, 0) is 16.9 Å². The van der Waals surface area contributed by atoms with Gasteiger partial charge in [0.05, 0.1) is 9.82 Å². The van der Waals surface area contributed by atoms with Crippen LogP contribution in [0.4, 0.5) is 5.69 Å². The third-order valence-electron chi connectivity index (χ3n) is 2.38. The number of nitro groups is 1. The van der Waals surface area contributed by atoms with Gasteiger partial charge in [0.15, 0.2) is 0 Å². The van der Waals surface area contributed by atoms with E-state index in [1.807, 2.05) is 0 Å². The predicted molar refractivity (Wildman–Crippen MR) is 61.8 cm³/mol. The van der Waals surface area contributed by atoms with Crippen molar-refractivity contribution in [3.8, 4) is 0 Å². The molecule has 8 heteroatoms. The summed E-state index contributed by atoms with van der Waals surface area (Å²) in [6.45, 7) is 0. The number of hydrogen-bond donors (Lipinski definition) is 0. The fraction of sp³-hybridized carbons (Fsp3) is 0.100. The molecule has 0 N–H and O–H groups in total. The largest absolute Gasteiger partial charge is 0.325 e. The van der Waals surface area contributed by atoms with Gasteiger partial charge in [-0.15, -0.1) is 0 Å². The number of nitro benzene ring substituents is 1. The predicted octanol–water partition coefficient (Wildman–Crippen LogP) is 1.16. The van der Waals surface area contributed by atoms with Gasteiger partial charge in [-0.25, -0.2) is 13.4 Å². The Morgan fingerprint density at radius 3 is 2.33 bits per heavy atom. The number of rotatable bonds is 3. The van der Waals surface area contributed by atoms with E-state index in [1.165, 1.54) is 29.1 Å². The second-order valence-electron chi connectivity index (χ2n) is 3.58. The molecule has 94 valence electrons. The first-order valence-electron chi connectivity index (χ1n) is 4.90. The van der Waals surface area contributed by atoms with Gasteiger partial charge in [0.2, 0.25) is 15.0 Å². The summed E-state index contributed by atoms with van der Waals surface area (Å²) in [5.74, 6) is 0. The molecule has 18 heavy (non-hydrogen) atoms. The van der Waals surface area contributed by atoms with Crippen molar-refractivity contribution in [1.82, 2.24) is 9.55 Å². The van der Waals surface area contributed by atoms with E-state index in [0.29, 0.717) is 0 Å². The van der Waals surface area contributed by atoms with Crippen molar-refractivity contribution in [2.45, 2.75) is 10.1 Å². The lowest BCUT2D eigenvalue weighted by molar-refractivity contribution is -0.384. The standard InChI is InChI=1S/C10H9N3O4S/c1-12-7-6-11-10(12)18(16,17)9-4-2-8(3-5-9)13(14)15/h2-7H,1H3. The van der Waals surface area contributed by atoms with Crippen LogP contribution >= 0.6 is 0 Å². The fourth-order valence-electron chi connectivity index (χ4n) is 1.46. The van der Waals surface area contributed by atoms with Crippen molar-refractivity contribution >= 4 is 15.5 Å². The lowest BCUT2D eigenvalue weighted by Crippen LogP contribution is -2.08. The quantitative estimate of drug-likeness (QED) is 0.614. The van der Waals surface area contributed by atoms with E-state index in [0.717, 1.165) is 12.1 Å². The van der Waals surface area contributed by atoms with Crippen LogP contribution in [0.3, 0.4) is 0 Å². The number of hydrogen-bond acceptors (Lipinski definition) is 5. The van der Waals surface area contributed by atoms with Gasteiger partial charge in [0.1, 0.15) is 0 Å². The molecule has 0 aliphatic heterocycles. The Kier molecular flexibility index (Phi) is 2.87. The molecule has 7 nitrogen and oxygen atoms in total. The summed E-state index contributed by atoms with van der Waals surface area (Å²) in [4.78, 5) is 13.6. The Morgan fingerprint density at radius 1 is 1.28 bits per heavy atom. The summed E-state index contributed by atoms with van der Waals surface area (Å²) < 4.78 is 25.7. The maximum absolute atomic E-state index is 12.1. The maximum atomic E-state index is 12.1. The number of imidazole rings is 1. The molecule has 2 aromatic rings. The van der Waals surface area contributed by atoms with Crippen molar-refractivity contribution in [2.75, 3.05) is 0 Å². The first-order valence-corrected chi connectivity index (χ1v) is 6.38. The van der Waals surface area contributed by atoms with Gasteiger partial charge < -0.3 is 4.57 Å². The van der Waals surface area contributed by atoms with Crippen molar-refractivity contribution in [3.05, 3.63) is 46.8 Å². The highest BCUT2D eigenvalue weighted by atomic mass is 32.2. The fourth-order valence-corrected chi connectivity index (χ4v) is 2.81. The Balaban J connectivity index is 2.49. The van der Waals surface area contributed by atoms with Crippen molar-refractivity contribution in [2.24, 2.45) is 7.05 Å². The summed E-state index contributed by atoms with van der Waals surface area (Å²) in [6, 6.07) is 4.69. The van der Waals surface area contributed by atoms with E-state index in [9.17, 15) is 18.5 Å². The van der Waals surface area contributed by atoms with E-state index in [2.05, 4.69) is 4.98 Å². The highest BCUT2D eigenvalue weighted by Gasteiger charge is 2.22. The van der Waals surface area contributed by atoms with Gasteiger partial charge in [-0.3, -0.25) is 10.1 Å². The molecule has 0 saturated carbocycles. The topological polar surface area (TPSA) is 95.1 Å². The molecule has 0 unspecified atom stereocenters. The minimum atomic E-state index is -3.74. The molecule has 0 amide bonds.